The maximum Gasteiger partial charge on any atom is 0.0678 e. The molecule has 1 heterocycles. The molecule has 1 aromatic rings. The van der Waals surface area contributed by atoms with Crippen LogP contribution in [0.15, 0.2) is 24.3 Å². The van der Waals surface area contributed by atoms with Gasteiger partial charge in [-0.25, -0.2) is 0 Å². The van der Waals surface area contributed by atoms with Gasteiger partial charge in [0.1, 0.15) is 0 Å². The van der Waals surface area contributed by atoms with Crippen molar-refractivity contribution in [2.24, 2.45) is 5.73 Å². The minimum Gasteiger partial charge on any atom is -0.373 e. The molecule has 2 N–H and O–H groups in total. The minimum atomic E-state index is 0.0863. The summed E-state index contributed by atoms with van der Waals surface area (Å²) >= 11 is 0. The standard InChI is InChI=1S/C17H28N2O/c1-4-5-15-6-8-16(9-7-15)17(18)12-19-10-13(2)20-14(3)11-19/h6-9,13-14,17H,4-5,10-12,18H2,1-3H3. The van der Waals surface area contributed by atoms with E-state index >= 15 is 0 Å². The Hall–Kier alpha value is -0.900. The Balaban J connectivity index is 1.92. The molecule has 1 aliphatic rings. The van der Waals surface area contributed by atoms with Crippen molar-refractivity contribution < 1.29 is 4.74 Å². The maximum absolute atomic E-state index is 6.36. The summed E-state index contributed by atoms with van der Waals surface area (Å²) in [5.41, 5.74) is 8.99. The van der Waals surface area contributed by atoms with E-state index in [0.717, 1.165) is 26.1 Å². The molecule has 0 saturated carbocycles. The largest absolute Gasteiger partial charge is 0.373 e. The summed E-state index contributed by atoms with van der Waals surface area (Å²) in [5, 5.41) is 0. The maximum atomic E-state index is 6.36. The molecule has 3 heteroatoms. The molecule has 0 amide bonds. The van der Waals surface area contributed by atoms with Crippen molar-refractivity contribution in [2.45, 2.75) is 51.9 Å². The monoisotopic (exact) mass is 276 g/mol. The first-order chi connectivity index (χ1) is 9.58. The molecule has 1 fully saturated rings. The van der Waals surface area contributed by atoms with Crippen LogP contribution in [0.2, 0.25) is 0 Å². The Bertz CT molecular complexity index is 394. The van der Waals surface area contributed by atoms with E-state index in [-0.39, 0.29) is 6.04 Å². The molecule has 20 heavy (non-hydrogen) atoms. The molecule has 3 unspecified atom stereocenters. The van der Waals surface area contributed by atoms with E-state index < -0.39 is 0 Å². The molecular weight excluding hydrogens is 248 g/mol. The first-order valence-corrected chi connectivity index (χ1v) is 7.80. The summed E-state index contributed by atoms with van der Waals surface area (Å²) < 4.78 is 5.76. The number of aryl methyl sites for hydroxylation is 1. The van der Waals surface area contributed by atoms with E-state index in [1.165, 1.54) is 17.5 Å². The van der Waals surface area contributed by atoms with Gasteiger partial charge in [0.2, 0.25) is 0 Å². The predicted molar refractivity (Wildman–Crippen MR) is 83.8 cm³/mol. The molecule has 1 aromatic carbocycles. The Kier molecular flexibility index (Phi) is 5.58. The molecule has 1 aliphatic heterocycles. The summed E-state index contributed by atoms with van der Waals surface area (Å²) in [6, 6.07) is 8.88. The van der Waals surface area contributed by atoms with E-state index in [9.17, 15) is 0 Å². The van der Waals surface area contributed by atoms with Gasteiger partial charge in [-0.3, -0.25) is 4.90 Å². The summed E-state index contributed by atoms with van der Waals surface area (Å²) in [4.78, 5) is 2.42. The van der Waals surface area contributed by atoms with Crippen molar-refractivity contribution in [3.63, 3.8) is 0 Å². The van der Waals surface area contributed by atoms with Crippen LogP contribution in [0.4, 0.5) is 0 Å². The van der Waals surface area contributed by atoms with Crippen molar-refractivity contribution >= 4 is 0 Å². The van der Waals surface area contributed by atoms with Crippen LogP contribution in [-0.2, 0) is 11.2 Å². The first-order valence-electron chi connectivity index (χ1n) is 7.80. The number of hydrogen-bond acceptors (Lipinski definition) is 3. The van der Waals surface area contributed by atoms with Gasteiger partial charge in [-0.1, -0.05) is 37.6 Å². The highest BCUT2D eigenvalue weighted by atomic mass is 16.5. The highest BCUT2D eigenvalue weighted by molar-refractivity contribution is 5.25. The van der Waals surface area contributed by atoms with Crippen LogP contribution in [-0.4, -0.2) is 36.7 Å². The van der Waals surface area contributed by atoms with Gasteiger partial charge in [0.25, 0.3) is 0 Å². The van der Waals surface area contributed by atoms with Gasteiger partial charge in [-0.2, -0.15) is 0 Å². The smallest absolute Gasteiger partial charge is 0.0678 e. The highest BCUT2D eigenvalue weighted by Crippen LogP contribution is 2.17. The molecule has 3 atom stereocenters. The number of ether oxygens (including phenoxy) is 1. The highest BCUT2D eigenvalue weighted by Gasteiger charge is 2.23. The fraction of sp³-hybridized carbons (Fsp3) is 0.647. The Labute approximate surface area is 123 Å². The molecular formula is C17H28N2O. The average molecular weight is 276 g/mol. The Morgan fingerprint density at radius 1 is 1.20 bits per heavy atom. The van der Waals surface area contributed by atoms with Crippen LogP contribution in [0.5, 0.6) is 0 Å². The molecule has 0 bridgehead atoms. The van der Waals surface area contributed by atoms with Crippen LogP contribution in [0.1, 0.15) is 44.4 Å². The van der Waals surface area contributed by atoms with E-state index in [1.807, 2.05) is 0 Å². The van der Waals surface area contributed by atoms with Gasteiger partial charge >= 0.3 is 0 Å². The lowest BCUT2D eigenvalue weighted by molar-refractivity contribution is -0.0691. The van der Waals surface area contributed by atoms with Crippen LogP contribution < -0.4 is 5.73 Å². The fourth-order valence-electron chi connectivity index (χ4n) is 3.04. The molecule has 2 rings (SSSR count). The molecule has 0 aliphatic carbocycles. The number of nitrogens with zero attached hydrogens (tertiary/aromatic N) is 1. The normalized spacial score (nSPS) is 25.6. The lowest BCUT2D eigenvalue weighted by atomic mass is 10.0. The zero-order valence-corrected chi connectivity index (χ0v) is 13.0. The molecule has 0 radical (unpaired) electrons. The van der Waals surface area contributed by atoms with E-state index in [0.29, 0.717) is 12.2 Å². The van der Waals surface area contributed by atoms with Gasteiger partial charge in [-0.05, 0) is 31.4 Å². The third-order valence-electron chi connectivity index (χ3n) is 3.90. The van der Waals surface area contributed by atoms with Crippen molar-refractivity contribution in [1.29, 1.82) is 0 Å². The van der Waals surface area contributed by atoms with E-state index in [2.05, 4.69) is 49.9 Å². The third kappa shape index (κ3) is 4.30. The molecule has 0 aromatic heterocycles. The fourth-order valence-corrected chi connectivity index (χ4v) is 3.04. The van der Waals surface area contributed by atoms with Crippen LogP contribution >= 0.6 is 0 Å². The number of hydrogen-bond donors (Lipinski definition) is 1. The summed E-state index contributed by atoms with van der Waals surface area (Å²) in [7, 11) is 0. The van der Waals surface area contributed by atoms with Crippen LogP contribution in [0.3, 0.4) is 0 Å². The van der Waals surface area contributed by atoms with Gasteiger partial charge < -0.3 is 10.5 Å². The Morgan fingerprint density at radius 3 is 2.35 bits per heavy atom. The molecule has 3 nitrogen and oxygen atoms in total. The lowest BCUT2D eigenvalue weighted by Gasteiger charge is -2.36. The average Bonchev–Trinajstić information content (AvgIpc) is 2.38. The van der Waals surface area contributed by atoms with Gasteiger partial charge in [0, 0.05) is 25.7 Å². The second-order valence-electron chi connectivity index (χ2n) is 6.07. The second kappa shape index (κ2) is 7.21. The predicted octanol–water partition coefficient (Wildman–Crippen LogP) is 2.75. The van der Waals surface area contributed by atoms with Gasteiger partial charge in [0.05, 0.1) is 12.2 Å². The SMILES string of the molecule is CCCc1ccc(C(N)CN2CC(C)OC(C)C2)cc1. The summed E-state index contributed by atoms with van der Waals surface area (Å²) in [6.07, 6.45) is 2.94. The number of rotatable bonds is 5. The molecule has 1 saturated heterocycles. The van der Waals surface area contributed by atoms with E-state index in [4.69, 9.17) is 10.5 Å². The van der Waals surface area contributed by atoms with Crippen molar-refractivity contribution in [3.05, 3.63) is 35.4 Å². The molecule has 0 spiro atoms. The zero-order chi connectivity index (χ0) is 14.5. The van der Waals surface area contributed by atoms with Crippen molar-refractivity contribution in [1.82, 2.24) is 4.90 Å². The quantitative estimate of drug-likeness (QED) is 0.898. The summed E-state index contributed by atoms with van der Waals surface area (Å²) in [6.45, 7) is 9.34. The Morgan fingerprint density at radius 2 is 1.80 bits per heavy atom. The number of morpholine rings is 1. The number of benzene rings is 1. The lowest BCUT2D eigenvalue weighted by Crippen LogP contribution is -2.47. The van der Waals surface area contributed by atoms with Crippen molar-refractivity contribution in [2.75, 3.05) is 19.6 Å². The van der Waals surface area contributed by atoms with Gasteiger partial charge in [-0.15, -0.1) is 0 Å². The van der Waals surface area contributed by atoms with E-state index in [1.54, 1.807) is 0 Å². The summed E-state index contributed by atoms with van der Waals surface area (Å²) in [5.74, 6) is 0. The van der Waals surface area contributed by atoms with Gasteiger partial charge in [0.15, 0.2) is 0 Å². The van der Waals surface area contributed by atoms with Crippen LogP contribution in [0.25, 0.3) is 0 Å². The zero-order valence-electron chi connectivity index (χ0n) is 13.0. The van der Waals surface area contributed by atoms with Crippen molar-refractivity contribution in [3.8, 4) is 0 Å². The van der Waals surface area contributed by atoms with Crippen LogP contribution in [0, 0.1) is 0 Å². The second-order valence-corrected chi connectivity index (χ2v) is 6.07. The first kappa shape index (κ1) is 15.5. The molecule has 112 valence electrons. The minimum absolute atomic E-state index is 0.0863. The topological polar surface area (TPSA) is 38.5 Å². The third-order valence-corrected chi connectivity index (χ3v) is 3.90. The number of nitrogens with two attached hydrogens (primary N) is 1.